The minimum Gasteiger partial charge on any atom is -0.506 e. The first-order valence-corrected chi connectivity index (χ1v) is 11.4. The molecule has 184 valence electrons. The summed E-state index contributed by atoms with van der Waals surface area (Å²) in [5, 5.41) is 21.9. The van der Waals surface area contributed by atoms with Gasteiger partial charge in [-0.15, -0.1) is 0 Å². The van der Waals surface area contributed by atoms with Gasteiger partial charge in [-0.1, -0.05) is 12.1 Å². The van der Waals surface area contributed by atoms with E-state index in [0.717, 1.165) is 23.3 Å². The van der Waals surface area contributed by atoms with Crippen LogP contribution in [-0.2, 0) is 14.3 Å². The molecule has 0 amide bonds. The van der Waals surface area contributed by atoms with E-state index in [9.17, 15) is 24.6 Å². The molecular formula is C26H25BrO8. The lowest BCUT2D eigenvalue weighted by Crippen LogP contribution is -2.47. The number of aryl methyl sites for hydroxylation is 2. The number of halogens is 1. The van der Waals surface area contributed by atoms with Gasteiger partial charge in [0.15, 0.2) is 11.5 Å². The zero-order chi connectivity index (χ0) is 26.2. The lowest BCUT2D eigenvalue weighted by Gasteiger charge is -2.30. The molecule has 2 aromatic rings. The molecule has 3 rings (SSSR count). The summed E-state index contributed by atoms with van der Waals surface area (Å²) in [7, 11) is 1.21. The van der Waals surface area contributed by atoms with E-state index in [2.05, 4.69) is 15.9 Å². The summed E-state index contributed by atoms with van der Waals surface area (Å²) in [6.45, 7) is 8.20. The first-order chi connectivity index (χ1) is 16.3. The number of ether oxygens (including phenoxy) is 3. The highest BCUT2D eigenvalue weighted by atomic mass is 79.9. The van der Waals surface area contributed by atoms with Gasteiger partial charge in [-0.2, -0.15) is 0 Å². The molecule has 0 radical (unpaired) electrons. The molecule has 1 aliphatic carbocycles. The van der Waals surface area contributed by atoms with Gasteiger partial charge in [-0.3, -0.25) is 4.79 Å². The van der Waals surface area contributed by atoms with Gasteiger partial charge in [-0.25, -0.2) is 9.59 Å². The molecule has 35 heavy (non-hydrogen) atoms. The van der Waals surface area contributed by atoms with Gasteiger partial charge in [0.1, 0.15) is 27.3 Å². The van der Waals surface area contributed by atoms with Gasteiger partial charge in [-0.05, 0) is 90.5 Å². The van der Waals surface area contributed by atoms with Crippen molar-refractivity contribution in [2.24, 2.45) is 0 Å². The predicted molar refractivity (Wildman–Crippen MR) is 131 cm³/mol. The van der Waals surface area contributed by atoms with Crippen molar-refractivity contribution in [1.82, 2.24) is 0 Å². The molecule has 0 fully saturated rings. The standard InChI is InChI=1S/C26H25BrO8/c1-12-7-8-13(2)18(9-12)34-24(30)20-15(4)16(5)23(21(27)22(20)29)35-25(31)26(32)14(3)10-17(28)11-19(26)33-6/h7-11,29,32H,1-6H3/t26-/m1/s1. The van der Waals surface area contributed by atoms with Crippen LogP contribution in [0.5, 0.6) is 17.2 Å². The third-order valence-corrected chi connectivity index (χ3v) is 6.68. The maximum atomic E-state index is 13.1. The van der Waals surface area contributed by atoms with Crippen LogP contribution in [0.3, 0.4) is 0 Å². The molecule has 0 aromatic heterocycles. The Labute approximate surface area is 210 Å². The monoisotopic (exact) mass is 544 g/mol. The summed E-state index contributed by atoms with van der Waals surface area (Å²) in [6, 6.07) is 5.41. The van der Waals surface area contributed by atoms with Crippen LogP contribution in [0.4, 0.5) is 0 Å². The van der Waals surface area contributed by atoms with Crippen LogP contribution in [0.2, 0.25) is 0 Å². The number of ketones is 1. The van der Waals surface area contributed by atoms with Crippen molar-refractivity contribution in [3.05, 3.63) is 74.0 Å². The number of hydrogen-bond donors (Lipinski definition) is 2. The normalized spacial score (nSPS) is 17.4. The number of methoxy groups -OCH3 is 1. The van der Waals surface area contributed by atoms with Crippen LogP contribution in [0.25, 0.3) is 0 Å². The van der Waals surface area contributed by atoms with Crippen molar-refractivity contribution >= 4 is 33.7 Å². The Hall–Kier alpha value is -3.43. The molecule has 0 heterocycles. The van der Waals surface area contributed by atoms with E-state index in [1.54, 1.807) is 26.8 Å². The van der Waals surface area contributed by atoms with Crippen LogP contribution in [0, 0.1) is 27.7 Å². The minimum absolute atomic E-state index is 0.00953. The summed E-state index contributed by atoms with van der Waals surface area (Å²) in [6.07, 6.45) is 2.09. The maximum absolute atomic E-state index is 13.1. The van der Waals surface area contributed by atoms with E-state index >= 15 is 0 Å². The van der Waals surface area contributed by atoms with E-state index in [4.69, 9.17) is 14.2 Å². The molecule has 0 saturated carbocycles. The number of aliphatic hydroxyl groups is 1. The predicted octanol–water partition coefficient (Wildman–Crippen LogP) is 4.30. The largest absolute Gasteiger partial charge is 0.506 e. The lowest BCUT2D eigenvalue weighted by molar-refractivity contribution is -0.151. The Bertz CT molecular complexity index is 1290. The number of allylic oxidation sites excluding steroid dienone is 2. The summed E-state index contributed by atoms with van der Waals surface area (Å²) in [5.41, 5.74) is -0.151. The Kier molecular flexibility index (Phi) is 7.23. The first-order valence-electron chi connectivity index (χ1n) is 10.6. The van der Waals surface area contributed by atoms with Gasteiger partial charge in [0.25, 0.3) is 0 Å². The van der Waals surface area contributed by atoms with Gasteiger partial charge < -0.3 is 24.4 Å². The molecule has 2 N–H and O–H groups in total. The molecule has 1 aliphatic rings. The van der Waals surface area contributed by atoms with Crippen molar-refractivity contribution in [3.63, 3.8) is 0 Å². The quantitative estimate of drug-likeness (QED) is 0.422. The molecule has 0 spiro atoms. The van der Waals surface area contributed by atoms with Crippen LogP contribution in [0.15, 0.2) is 46.2 Å². The average molecular weight is 545 g/mol. The Morgan fingerprint density at radius 3 is 2.29 bits per heavy atom. The number of phenolic OH excluding ortho intramolecular Hbond substituents is 1. The minimum atomic E-state index is -2.35. The van der Waals surface area contributed by atoms with Crippen molar-refractivity contribution in [3.8, 4) is 17.2 Å². The molecule has 0 aliphatic heterocycles. The first kappa shape index (κ1) is 26.2. The number of carbonyl (C=O) groups is 3. The number of aromatic hydroxyl groups is 1. The van der Waals surface area contributed by atoms with Crippen LogP contribution in [-0.4, -0.2) is 40.6 Å². The number of hydrogen-bond acceptors (Lipinski definition) is 8. The van der Waals surface area contributed by atoms with E-state index < -0.39 is 29.1 Å². The Morgan fingerprint density at radius 1 is 1.00 bits per heavy atom. The Balaban J connectivity index is 2.01. The van der Waals surface area contributed by atoms with E-state index in [0.29, 0.717) is 16.9 Å². The van der Waals surface area contributed by atoms with Crippen molar-refractivity contribution < 1.29 is 38.8 Å². The fraction of sp³-hybridized carbons (Fsp3) is 0.269. The molecule has 8 nitrogen and oxygen atoms in total. The topological polar surface area (TPSA) is 119 Å². The van der Waals surface area contributed by atoms with Gasteiger partial charge in [0, 0.05) is 6.08 Å². The van der Waals surface area contributed by atoms with Crippen molar-refractivity contribution in [1.29, 1.82) is 0 Å². The van der Waals surface area contributed by atoms with Gasteiger partial charge in [0.2, 0.25) is 5.60 Å². The number of esters is 2. The van der Waals surface area contributed by atoms with Gasteiger partial charge >= 0.3 is 11.9 Å². The molecule has 0 saturated heterocycles. The second kappa shape index (κ2) is 9.67. The molecule has 0 bridgehead atoms. The fourth-order valence-corrected chi connectivity index (χ4v) is 4.26. The summed E-state index contributed by atoms with van der Waals surface area (Å²) in [4.78, 5) is 37.9. The number of phenols is 1. The van der Waals surface area contributed by atoms with Crippen LogP contribution < -0.4 is 9.47 Å². The zero-order valence-electron chi connectivity index (χ0n) is 20.1. The molecule has 2 aromatic carbocycles. The van der Waals surface area contributed by atoms with Crippen molar-refractivity contribution in [2.75, 3.05) is 7.11 Å². The summed E-state index contributed by atoms with van der Waals surface area (Å²) >= 11 is 3.19. The number of benzene rings is 2. The lowest BCUT2D eigenvalue weighted by atomic mass is 9.87. The second-order valence-corrected chi connectivity index (χ2v) is 9.11. The third kappa shape index (κ3) is 4.61. The van der Waals surface area contributed by atoms with Crippen LogP contribution >= 0.6 is 15.9 Å². The highest BCUT2D eigenvalue weighted by Crippen LogP contribution is 2.43. The third-order valence-electron chi connectivity index (χ3n) is 5.94. The SMILES string of the molecule is COC1=CC(=O)C=C(C)[C@]1(O)C(=O)Oc1c(C)c(C)c(C(=O)Oc2cc(C)ccc2C)c(O)c1Br. The Morgan fingerprint density at radius 2 is 1.66 bits per heavy atom. The summed E-state index contributed by atoms with van der Waals surface area (Å²) in [5.74, 6) is -2.93. The molecule has 0 unspecified atom stereocenters. The number of carbonyl (C=O) groups excluding carboxylic acids is 3. The highest BCUT2D eigenvalue weighted by Gasteiger charge is 2.48. The fourth-order valence-electron chi connectivity index (χ4n) is 3.68. The van der Waals surface area contributed by atoms with E-state index in [-0.39, 0.29) is 27.1 Å². The summed E-state index contributed by atoms with van der Waals surface area (Å²) < 4.78 is 16.0. The van der Waals surface area contributed by atoms with Gasteiger partial charge in [0.05, 0.1) is 7.11 Å². The number of rotatable bonds is 5. The van der Waals surface area contributed by atoms with E-state index in [1.807, 2.05) is 19.1 Å². The molecule has 1 atom stereocenters. The highest BCUT2D eigenvalue weighted by molar-refractivity contribution is 9.10. The van der Waals surface area contributed by atoms with Crippen LogP contribution in [0.1, 0.15) is 39.5 Å². The van der Waals surface area contributed by atoms with Crippen molar-refractivity contribution in [2.45, 2.75) is 40.2 Å². The maximum Gasteiger partial charge on any atom is 0.356 e. The van der Waals surface area contributed by atoms with E-state index in [1.165, 1.54) is 14.0 Å². The molecular weight excluding hydrogens is 520 g/mol. The second-order valence-electron chi connectivity index (χ2n) is 8.32. The zero-order valence-corrected chi connectivity index (χ0v) is 21.7. The average Bonchev–Trinajstić information content (AvgIpc) is 2.80. The smallest absolute Gasteiger partial charge is 0.356 e. The molecule has 9 heteroatoms.